The number of benzene rings is 3. The van der Waals surface area contributed by atoms with E-state index in [1.807, 2.05) is 18.2 Å². The summed E-state index contributed by atoms with van der Waals surface area (Å²) in [6.45, 7) is -0.154. The molecule has 1 aromatic heterocycles. The highest BCUT2D eigenvalue weighted by molar-refractivity contribution is 6.30. The number of hydrogen-bond donors (Lipinski definition) is 0. The number of halogens is 1. The topological polar surface area (TPSA) is 74.5 Å². The number of nitrogens with zero attached hydrogens (tertiary/aromatic N) is 2. The summed E-state index contributed by atoms with van der Waals surface area (Å²) in [4.78, 5) is 12.5. The van der Waals surface area contributed by atoms with Crippen molar-refractivity contribution < 1.29 is 18.7 Å². The molecule has 0 aliphatic carbocycles. The zero-order valence-electron chi connectivity index (χ0n) is 15.1. The van der Waals surface area contributed by atoms with E-state index >= 15 is 0 Å². The predicted octanol–water partition coefficient (Wildman–Crippen LogP) is 5.54. The molecule has 0 radical (unpaired) electrons. The Morgan fingerprint density at radius 1 is 0.897 bits per heavy atom. The second kappa shape index (κ2) is 8.58. The van der Waals surface area contributed by atoms with Crippen molar-refractivity contribution in [3.63, 3.8) is 0 Å². The molecule has 3 aromatic carbocycles. The third kappa shape index (κ3) is 4.62. The summed E-state index contributed by atoms with van der Waals surface area (Å²) >= 11 is 5.88. The standard InChI is InChI=1S/C22H15ClN2O4/c23-16-12-10-15(11-13-16)21-25-24-20(29-21)14-27-22(26)18-8-4-5-9-19(18)28-17-6-2-1-3-7-17/h1-13H,14H2. The Labute approximate surface area is 171 Å². The summed E-state index contributed by atoms with van der Waals surface area (Å²) in [5.41, 5.74) is 1.02. The monoisotopic (exact) mass is 406 g/mol. The summed E-state index contributed by atoms with van der Waals surface area (Å²) < 4.78 is 16.7. The van der Waals surface area contributed by atoms with Gasteiger partial charge in [0, 0.05) is 10.6 Å². The number of hydrogen-bond acceptors (Lipinski definition) is 6. The molecule has 0 fully saturated rings. The van der Waals surface area contributed by atoms with Gasteiger partial charge in [0.25, 0.3) is 5.89 Å². The van der Waals surface area contributed by atoms with Crippen molar-refractivity contribution in [3.05, 3.63) is 95.3 Å². The Kier molecular flexibility index (Phi) is 5.54. The van der Waals surface area contributed by atoms with Crippen molar-refractivity contribution in [2.24, 2.45) is 0 Å². The van der Waals surface area contributed by atoms with Gasteiger partial charge in [-0.05, 0) is 48.5 Å². The fourth-order valence-electron chi connectivity index (χ4n) is 2.57. The first-order chi connectivity index (χ1) is 14.2. The van der Waals surface area contributed by atoms with E-state index in [0.717, 1.165) is 5.56 Å². The van der Waals surface area contributed by atoms with Crippen LogP contribution in [-0.2, 0) is 11.3 Å². The lowest BCUT2D eigenvalue weighted by Gasteiger charge is -2.10. The molecule has 4 aromatic rings. The summed E-state index contributed by atoms with van der Waals surface area (Å²) in [5, 5.41) is 8.49. The SMILES string of the molecule is O=C(OCc1nnc(-c2ccc(Cl)cc2)o1)c1ccccc1Oc1ccccc1. The highest BCUT2D eigenvalue weighted by Crippen LogP contribution is 2.26. The van der Waals surface area contributed by atoms with Crippen LogP contribution in [0.1, 0.15) is 16.2 Å². The largest absolute Gasteiger partial charge is 0.456 e. The van der Waals surface area contributed by atoms with E-state index in [4.69, 9.17) is 25.5 Å². The highest BCUT2D eigenvalue weighted by atomic mass is 35.5. The predicted molar refractivity (Wildman–Crippen MR) is 107 cm³/mol. The summed E-state index contributed by atoms with van der Waals surface area (Å²) in [6, 6.07) is 23.0. The quantitative estimate of drug-likeness (QED) is 0.391. The third-order valence-electron chi connectivity index (χ3n) is 3.96. The third-order valence-corrected chi connectivity index (χ3v) is 4.21. The van der Waals surface area contributed by atoms with Gasteiger partial charge < -0.3 is 13.9 Å². The molecule has 0 aliphatic rings. The van der Waals surface area contributed by atoms with Gasteiger partial charge in [0.1, 0.15) is 17.1 Å². The van der Waals surface area contributed by atoms with Crippen molar-refractivity contribution in [1.82, 2.24) is 10.2 Å². The molecule has 7 heteroatoms. The van der Waals surface area contributed by atoms with E-state index < -0.39 is 5.97 Å². The van der Waals surface area contributed by atoms with Crippen molar-refractivity contribution in [1.29, 1.82) is 0 Å². The Morgan fingerprint density at radius 3 is 2.41 bits per heavy atom. The molecule has 0 spiro atoms. The second-order valence-electron chi connectivity index (χ2n) is 6.00. The molecule has 0 saturated carbocycles. The van der Waals surface area contributed by atoms with Gasteiger partial charge in [-0.2, -0.15) is 0 Å². The Morgan fingerprint density at radius 2 is 1.62 bits per heavy atom. The number of esters is 1. The first-order valence-corrected chi connectivity index (χ1v) is 9.14. The number of carbonyl (C=O) groups is 1. The number of ether oxygens (including phenoxy) is 2. The molecular weight excluding hydrogens is 392 g/mol. The summed E-state index contributed by atoms with van der Waals surface area (Å²) in [6.07, 6.45) is 0. The zero-order chi connectivity index (χ0) is 20.1. The Balaban J connectivity index is 1.43. The fraction of sp³-hybridized carbons (Fsp3) is 0.0455. The van der Waals surface area contributed by atoms with Crippen LogP contribution in [0.2, 0.25) is 5.02 Å². The van der Waals surface area contributed by atoms with Crippen LogP contribution in [-0.4, -0.2) is 16.2 Å². The van der Waals surface area contributed by atoms with Crippen LogP contribution < -0.4 is 4.74 Å². The Hall–Kier alpha value is -3.64. The average Bonchev–Trinajstić information content (AvgIpc) is 3.23. The molecule has 6 nitrogen and oxygen atoms in total. The molecule has 0 saturated heterocycles. The maximum absolute atomic E-state index is 12.5. The molecule has 144 valence electrons. The van der Waals surface area contributed by atoms with Crippen molar-refractivity contribution in [2.45, 2.75) is 6.61 Å². The van der Waals surface area contributed by atoms with E-state index in [1.54, 1.807) is 60.7 Å². The van der Waals surface area contributed by atoms with Crippen molar-refractivity contribution >= 4 is 17.6 Å². The molecule has 0 unspecified atom stereocenters. The maximum atomic E-state index is 12.5. The lowest BCUT2D eigenvalue weighted by Crippen LogP contribution is -2.07. The van der Waals surface area contributed by atoms with E-state index in [0.29, 0.717) is 28.0 Å². The first kappa shape index (κ1) is 18.7. The van der Waals surface area contributed by atoms with E-state index in [-0.39, 0.29) is 12.5 Å². The van der Waals surface area contributed by atoms with Crippen LogP contribution in [0.4, 0.5) is 0 Å². The molecular formula is C22H15ClN2O4. The normalized spacial score (nSPS) is 10.5. The Bertz CT molecular complexity index is 1110. The second-order valence-corrected chi connectivity index (χ2v) is 6.43. The lowest BCUT2D eigenvalue weighted by atomic mass is 10.2. The van der Waals surface area contributed by atoms with Gasteiger partial charge in [0.15, 0.2) is 6.61 Å². The van der Waals surface area contributed by atoms with Crippen LogP contribution in [0.3, 0.4) is 0 Å². The van der Waals surface area contributed by atoms with Gasteiger partial charge in [-0.3, -0.25) is 0 Å². The maximum Gasteiger partial charge on any atom is 0.342 e. The average molecular weight is 407 g/mol. The molecule has 29 heavy (non-hydrogen) atoms. The molecule has 4 rings (SSSR count). The molecule has 0 aliphatic heterocycles. The molecule has 0 N–H and O–H groups in total. The molecule has 0 bridgehead atoms. The van der Waals surface area contributed by atoms with Crippen LogP contribution in [0, 0.1) is 0 Å². The fourth-order valence-corrected chi connectivity index (χ4v) is 2.69. The van der Waals surface area contributed by atoms with E-state index in [2.05, 4.69) is 10.2 Å². The van der Waals surface area contributed by atoms with Crippen LogP contribution >= 0.6 is 11.6 Å². The summed E-state index contributed by atoms with van der Waals surface area (Å²) in [5.74, 6) is 0.974. The first-order valence-electron chi connectivity index (χ1n) is 8.76. The number of aromatic nitrogens is 2. The zero-order valence-corrected chi connectivity index (χ0v) is 15.9. The minimum absolute atomic E-state index is 0.154. The van der Waals surface area contributed by atoms with Gasteiger partial charge in [0.05, 0.1) is 0 Å². The van der Waals surface area contributed by atoms with Gasteiger partial charge in [0.2, 0.25) is 5.89 Å². The smallest absolute Gasteiger partial charge is 0.342 e. The molecule has 1 heterocycles. The summed E-state index contributed by atoms with van der Waals surface area (Å²) in [7, 11) is 0. The van der Waals surface area contributed by atoms with Crippen LogP contribution in [0.5, 0.6) is 11.5 Å². The van der Waals surface area contributed by atoms with Gasteiger partial charge in [-0.1, -0.05) is 41.9 Å². The highest BCUT2D eigenvalue weighted by Gasteiger charge is 2.16. The number of carbonyl (C=O) groups excluding carboxylic acids is 1. The number of para-hydroxylation sites is 2. The van der Waals surface area contributed by atoms with Crippen LogP contribution in [0.25, 0.3) is 11.5 Å². The van der Waals surface area contributed by atoms with E-state index in [9.17, 15) is 4.79 Å². The van der Waals surface area contributed by atoms with Crippen molar-refractivity contribution in [2.75, 3.05) is 0 Å². The lowest BCUT2D eigenvalue weighted by molar-refractivity contribution is 0.0436. The van der Waals surface area contributed by atoms with Gasteiger partial charge >= 0.3 is 5.97 Å². The van der Waals surface area contributed by atoms with Crippen molar-refractivity contribution in [3.8, 4) is 23.0 Å². The van der Waals surface area contributed by atoms with E-state index in [1.165, 1.54) is 0 Å². The molecule has 0 atom stereocenters. The minimum Gasteiger partial charge on any atom is -0.456 e. The molecule has 0 amide bonds. The van der Waals surface area contributed by atoms with Crippen LogP contribution in [0.15, 0.2) is 83.3 Å². The minimum atomic E-state index is -0.553. The van der Waals surface area contributed by atoms with Gasteiger partial charge in [-0.25, -0.2) is 4.79 Å². The van der Waals surface area contributed by atoms with Gasteiger partial charge in [-0.15, -0.1) is 10.2 Å². The number of rotatable bonds is 6.